The van der Waals surface area contributed by atoms with Crippen LogP contribution >= 0.6 is 0 Å². The lowest BCUT2D eigenvalue weighted by Gasteiger charge is -2.10. The summed E-state index contributed by atoms with van der Waals surface area (Å²) < 4.78 is 37.9. The van der Waals surface area contributed by atoms with Crippen molar-refractivity contribution in [2.24, 2.45) is 0 Å². The van der Waals surface area contributed by atoms with Crippen molar-refractivity contribution in [1.29, 1.82) is 0 Å². The Bertz CT molecular complexity index is 783. The third-order valence-corrected chi connectivity index (χ3v) is 3.88. The van der Waals surface area contributed by atoms with Crippen molar-refractivity contribution in [2.45, 2.75) is 31.8 Å². The zero-order valence-corrected chi connectivity index (χ0v) is 13.8. The van der Waals surface area contributed by atoms with Crippen molar-refractivity contribution in [3.05, 3.63) is 41.9 Å². The van der Waals surface area contributed by atoms with E-state index in [9.17, 15) is 18.4 Å². The van der Waals surface area contributed by atoms with E-state index in [0.29, 0.717) is 13.0 Å². The van der Waals surface area contributed by atoms with Crippen LogP contribution in [0.2, 0.25) is 0 Å². The van der Waals surface area contributed by atoms with Gasteiger partial charge in [-0.25, -0.2) is 13.8 Å². The monoisotopic (exact) mass is 365 g/mol. The van der Waals surface area contributed by atoms with Gasteiger partial charge in [0.15, 0.2) is 11.7 Å². The highest BCUT2D eigenvalue weighted by atomic mass is 19.1. The fourth-order valence-corrected chi connectivity index (χ4v) is 2.55. The first-order valence-electron chi connectivity index (χ1n) is 8.14. The lowest BCUT2D eigenvalue weighted by molar-refractivity contribution is -0.134. The minimum atomic E-state index is -0.762. The molecule has 0 bridgehead atoms. The molecule has 1 fully saturated rings. The number of benzene rings is 1. The Hall–Kier alpha value is -2.81. The summed E-state index contributed by atoms with van der Waals surface area (Å²) in [6, 6.07) is 3.48. The molecule has 2 heterocycles. The van der Waals surface area contributed by atoms with Crippen LogP contribution < -0.4 is 10.9 Å². The predicted molar refractivity (Wildman–Crippen MR) is 85.4 cm³/mol. The number of hydrazine groups is 1. The number of aryl methyl sites for hydroxylation is 1. The van der Waals surface area contributed by atoms with Gasteiger partial charge < -0.3 is 9.15 Å². The predicted octanol–water partition coefficient (Wildman–Crippen LogP) is 1.88. The van der Waals surface area contributed by atoms with Gasteiger partial charge in [-0.15, -0.1) is 0 Å². The van der Waals surface area contributed by atoms with Crippen LogP contribution in [0.25, 0.3) is 11.3 Å². The van der Waals surface area contributed by atoms with Crippen LogP contribution in [-0.2, 0) is 20.7 Å². The number of carbonyl (C=O) groups is 2. The average molecular weight is 365 g/mol. The van der Waals surface area contributed by atoms with Gasteiger partial charge in [-0.05, 0) is 25.0 Å². The van der Waals surface area contributed by atoms with Crippen molar-refractivity contribution in [3.8, 4) is 11.3 Å². The Balaban J connectivity index is 1.50. The number of halogens is 2. The van der Waals surface area contributed by atoms with Crippen LogP contribution in [0.1, 0.15) is 25.2 Å². The first-order chi connectivity index (χ1) is 12.5. The third kappa shape index (κ3) is 4.23. The first-order valence-corrected chi connectivity index (χ1v) is 8.14. The summed E-state index contributed by atoms with van der Waals surface area (Å²) in [4.78, 5) is 27.4. The Morgan fingerprint density at radius 2 is 2.00 bits per heavy atom. The van der Waals surface area contributed by atoms with Crippen LogP contribution in [0, 0.1) is 11.6 Å². The molecule has 2 amide bonds. The van der Waals surface area contributed by atoms with E-state index in [1.807, 2.05) is 0 Å². The Morgan fingerprint density at radius 1 is 1.23 bits per heavy atom. The van der Waals surface area contributed by atoms with Crippen molar-refractivity contribution in [1.82, 2.24) is 15.8 Å². The lowest BCUT2D eigenvalue weighted by Crippen LogP contribution is -2.46. The zero-order chi connectivity index (χ0) is 18.5. The van der Waals surface area contributed by atoms with Gasteiger partial charge in [0, 0.05) is 19.4 Å². The number of amides is 2. The normalized spacial score (nSPS) is 16.5. The molecule has 2 aromatic rings. The molecule has 26 heavy (non-hydrogen) atoms. The second-order valence-electron chi connectivity index (χ2n) is 5.75. The van der Waals surface area contributed by atoms with Crippen LogP contribution in [0.5, 0.6) is 0 Å². The van der Waals surface area contributed by atoms with Crippen molar-refractivity contribution < 1.29 is 27.5 Å². The number of nitrogens with zero attached hydrogens (tertiary/aromatic N) is 1. The van der Waals surface area contributed by atoms with E-state index in [-0.39, 0.29) is 30.1 Å². The fourth-order valence-electron chi connectivity index (χ4n) is 2.55. The Labute approximate surface area is 147 Å². The summed E-state index contributed by atoms with van der Waals surface area (Å²) in [7, 11) is 0. The summed E-state index contributed by atoms with van der Waals surface area (Å²) in [5, 5.41) is 0. The zero-order valence-electron chi connectivity index (χ0n) is 13.8. The van der Waals surface area contributed by atoms with Crippen LogP contribution in [0.15, 0.2) is 28.8 Å². The highest BCUT2D eigenvalue weighted by Crippen LogP contribution is 2.26. The molecule has 2 N–H and O–H groups in total. The molecule has 1 aromatic carbocycles. The Morgan fingerprint density at radius 3 is 2.69 bits per heavy atom. The number of rotatable bonds is 5. The van der Waals surface area contributed by atoms with E-state index in [1.165, 1.54) is 12.3 Å². The topological polar surface area (TPSA) is 93.5 Å². The molecule has 1 aromatic heterocycles. The standard InChI is InChI=1S/C17H17F2N3O4/c18-10-3-1-4-11(19)16(10)13-9-20-15(26-13)7-6-14(23)21-22-17(24)12-5-2-8-25-12/h1,3-4,9,12H,2,5-8H2,(H,21,23)(H,22,24). The number of aromatic nitrogens is 1. The van der Waals surface area contributed by atoms with Gasteiger partial charge in [-0.2, -0.15) is 0 Å². The number of carbonyl (C=O) groups excluding carboxylic acids is 2. The molecule has 9 heteroatoms. The molecule has 7 nitrogen and oxygen atoms in total. The minimum Gasteiger partial charge on any atom is -0.441 e. The van der Waals surface area contributed by atoms with Crippen LogP contribution in [0.4, 0.5) is 8.78 Å². The van der Waals surface area contributed by atoms with Gasteiger partial charge in [0.05, 0.1) is 11.8 Å². The highest BCUT2D eigenvalue weighted by Gasteiger charge is 2.23. The molecule has 0 saturated carbocycles. The number of oxazole rings is 1. The molecular formula is C17H17F2N3O4. The number of nitrogens with one attached hydrogen (secondary N) is 2. The van der Waals surface area contributed by atoms with E-state index in [0.717, 1.165) is 18.6 Å². The summed E-state index contributed by atoms with van der Waals surface area (Å²) in [6.45, 7) is 0.529. The van der Waals surface area contributed by atoms with Gasteiger partial charge in [0.2, 0.25) is 5.91 Å². The first kappa shape index (κ1) is 18.0. The molecule has 0 spiro atoms. The van der Waals surface area contributed by atoms with Gasteiger partial charge in [0.1, 0.15) is 17.7 Å². The summed E-state index contributed by atoms with van der Waals surface area (Å²) >= 11 is 0. The molecule has 3 rings (SSSR count). The maximum atomic E-state index is 13.7. The van der Waals surface area contributed by atoms with E-state index in [4.69, 9.17) is 9.15 Å². The molecule has 0 radical (unpaired) electrons. The minimum absolute atomic E-state index is 0.0223. The van der Waals surface area contributed by atoms with Gasteiger partial charge in [-0.1, -0.05) is 6.07 Å². The summed E-state index contributed by atoms with van der Waals surface area (Å²) in [5.41, 5.74) is 4.27. The highest BCUT2D eigenvalue weighted by molar-refractivity contribution is 5.84. The number of hydrogen-bond donors (Lipinski definition) is 2. The fraction of sp³-hybridized carbons (Fsp3) is 0.353. The Kier molecular flexibility index (Phi) is 5.57. The van der Waals surface area contributed by atoms with Crippen molar-refractivity contribution in [2.75, 3.05) is 6.61 Å². The SMILES string of the molecule is O=C(CCc1ncc(-c2c(F)cccc2F)o1)NNC(=O)C1CCCO1. The summed E-state index contributed by atoms with van der Waals surface area (Å²) in [6.07, 6.45) is 2.17. The molecule has 1 aliphatic rings. The van der Waals surface area contributed by atoms with Gasteiger partial charge >= 0.3 is 0 Å². The molecule has 0 aliphatic carbocycles. The number of hydrogen-bond acceptors (Lipinski definition) is 5. The molecule has 1 aliphatic heterocycles. The van der Waals surface area contributed by atoms with Gasteiger partial charge in [0.25, 0.3) is 5.91 Å². The second-order valence-corrected chi connectivity index (χ2v) is 5.75. The molecule has 1 saturated heterocycles. The van der Waals surface area contributed by atoms with E-state index >= 15 is 0 Å². The maximum absolute atomic E-state index is 13.7. The van der Waals surface area contributed by atoms with E-state index in [2.05, 4.69) is 15.8 Å². The van der Waals surface area contributed by atoms with Gasteiger partial charge in [-0.3, -0.25) is 20.4 Å². The van der Waals surface area contributed by atoms with E-state index in [1.54, 1.807) is 0 Å². The second kappa shape index (κ2) is 8.05. The molecule has 1 atom stereocenters. The largest absolute Gasteiger partial charge is 0.441 e. The van der Waals surface area contributed by atoms with Crippen LogP contribution in [0.3, 0.4) is 0 Å². The number of ether oxygens (including phenoxy) is 1. The van der Waals surface area contributed by atoms with E-state index < -0.39 is 29.6 Å². The van der Waals surface area contributed by atoms with Crippen molar-refractivity contribution >= 4 is 11.8 Å². The molecule has 1 unspecified atom stereocenters. The lowest BCUT2D eigenvalue weighted by atomic mass is 10.1. The molecular weight excluding hydrogens is 348 g/mol. The van der Waals surface area contributed by atoms with Crippen LogP contribution in [-0.4, -0.2) is 29.5 Å². The maximum Gasteiger partial charge on any atom is 0.267 e. The quantitative estimate of drug-likeness (QED) is 0.789. The average Bonchev–Trinajstić information content (AvgIpc) is 3.30. The molecule has 138 valence electrons. The van der Waals surface area contributed by atoms with Crippen molar-refractivity contribution in [3.63, 3.8) is 0 Å². The summed E-state index contributed by atoms with van der Waals surface area (Å²) in [5.74, 6) is -2.27. The smallest absolute Gasteiger partial charge is 0.267 e. The third-order valence-electron chi connectivity index (χ3n) is 3.88.